The highest BCUT2D eigenvalue weighted by Gasteiger charge is 2.14. The first-order valence-corrected chi connectivity index (χ1v) is 8.24. The number of nitrogens with zero attached hydrogens (tertiary/aromatic N) is 2. The molecule has 26 heavy (non-hydrogen) atoms. The van der Waals surface area contributed by atoms with Crippen LogP contribution in [-0.2, 0) is 0 Å². The van der Waals surface area contributed by atoms with Crippen molar-refractivity contribution in [1.82, 2.24) is 4.98 Å². The molecule has 1 heterocycles. The second-order valence-corrected chi connectivity index (χ2v) is 5.73. The Hall–Kier alpha value is -3.52. The number of hydrogen-bond acceptors (Lipinski definition) is 5. The first-order chi connectivity index (χ1) is 12.7. The largest absolute Gasteiger partial charge is 0.497 e. The summed E-state index contributed by atoms with van der Waals surface area (Å²) in [5, 5.41) is 12.5. The first kappa shape index (κ1) is 17.3. The number of rotatable bonds is 6. The molecule has 5 nitrogen and oxygen atoms in total. The van der Waals surface area contributed by atoms with E-state index in [1.807, 2.05) is 67.6 Å². The van der Waals surface area contributed by atoms with Crippen LogP contribution in [0.15, 0.2) is 59.0 Å². The van der Waals surface area contributed by atoms with E-state index in [1.54, 1.807) is 13.2 Å². The van der Waals surface area contributed by atoms with Crippen LogP contribution in [0.3, 0.4) is 0 Å². The van der Waals surface area contributed by atoms with Gasteiger partial charge in [-0.3, -0.25) is 0 Å². The molecule has 0 aliphatic carbocycles. The Morgan fingerprint density at radius 3 is 2.69 bits per heavy atom. The molecule has 130 valence electrons. The van der Waals surface area contributed by atoms with E-state index in [0.29, 0.717) is 11.8 Å². The van der Waals surface area contributed by atoms with Gasteiger partial charge in [0.1, 0.15) is 11.8 Å². The van der Waals surface area contributed by atoms with Crippen LogP contribution in [-0.4, -0.2) is 12.1 Å². The van der Waals surface area contributed by atoms with Crippen LogP contribution in [0.4, 0.5) is 5.88 Å². The summed E-state index contributed by atoms with van der Waals surface area (Å²) in [7, 11) is 1.63. The zero-order chi connectivity index (χ0) is 18.4. The number of hydrogen-bond donors (Lipinski definition) is 1. The summed E-state index contributed by atoms with van der Waals surface area (Å²) in [4.78, 5) is 4.22. The molecule has 0 bridgehead atoms. The number of nitriles is 1. The molecule has 5 heteroatoms. The first-order valence-electron chi connectivity index (χ1n) is 8.24. The number of ether oxygens (including phenoxy) is 1. The Morgan fingerprint density at radius 1 is 1.15 bits per heavy atom. The zero-order valence-electron chi connectivity index (χ0n) is 14.6. The van der Waals surface area contributed by atoms with Crippen LogP contribution < -0.4 is 10.1 Å². The molecule has 0 spiro atoms. The summed E-state index contributed by atoms with van der Waals surface area (Å²) in [5.41, 5.74) is 2.28. The Kier molecular flexibility index (Phi) is 5.35. The Bertz CT molecular complexity index is 939. The fourth-order valence-corrected chi connectivity index (χ4v) is 2.52. The van der Waals surface area contributed by atoms with Crippen molar-refractivity contribution in [2.45, 2.75) is 13.0 Å². The van der Waals surface area contributed by atoms with Gasteiger partial charge < -0.3 is 14.5 Å². The normalized spacial score (nSPS) is 11.9. The molecule has 1 N–H and O–H groups in total. The van der Waals surface area contributed by atoms with E-state index < -0.39 is 0 Å². The van der Waals surface area contributed by atoms with Gasteiger partial charge in [-0.1, -0.05) is 42.5 Å². The minimum Gasteiger partial charge on any atom is -0.497 e. The maximum absolute atomic E-state index is 9.32. The van der Waals surface area contributed by atoms with Crippen molar-refractivity contribution in [3.8, 4) is 11.8 Å². The third kappa shape index (κ3) is 4.11. The molecule has 0 saturated carbocycles. The lowest BCUT2D eigenvalue weighted by Crippen LogP contribution is -2.06. The summed E-state index contributed by atoms with van der Waals surface area (Å²) in [6.45, 7) is 2.00. The fourth-order valence-electron chi connectivity index (χ4n) is 2.52. The second-order valence-electron chi connectivity index (χ2n) is 5.73. The van der Waals surface area contributed by atoms with Crippen molar-refractivity contribution in [2.75, 3.05) is 12.4 Å². The minimum absolute atomic E-state index is 0.00790. The van der Waals surface area contributed by atoms with Crippen molar-refractivity contribution in [3.05, 3.63) is 77.3 Å². The van der Waals surface area contributed by atoms with Crippen LogP contribution in [0.25, 0.3) is 12.2 Å². The number of oxazole rings is 1. The van der Waals surface area contributed by atoms with Crippen LogP contribution in [0, 0.1) is 11.3 Å². The zero-order valence-corrected chi connectivity index (χ0v) is 14.6. The van der Waals surface area contributed by atoms with Gasteiger partial charge in [-0.25, -0.2) is 0 Å². The minimum atomic E-state index is -0.00790. The van der Waals surface area contributed by atoms with Crippen molar-refractivity contribution >= 4 is 18.0 Å². The highest BCUT2D eigenvalue weighted by molar-refractivity contribution is 5.68. The van der Waals surface area contributed by atoms with Gasteiger partial charge in [0.05, 0.1) is 13.2 Å². The van der Waals surface area contributed by atoms with Crippen molar-refractivity contribution in [3.63, 3.8) is 0 Å². The fraction of sp³-hybridized carbons (Fsp3) is 0.143. The SMILES string of the molecule is COc1cccc(/C=C/c2nc(C#N)c(N[C@H](C)c3ccccc3)o2)c1. The lowest BCUT2D eigenvalue weighted by molar-refractivity contribution is 0.414. The molecule has 3 rings (SSSR count). The van der Waals surface area contributed by atoms with E-state index in [1.165, 1.54) is 0 Å². The summed E-state index contributed by atoms with van der Waals surface area (Å²) >= 11 is 0. The smallest absolute Gasteiger partial charge is 0.233 e. The van der Waals surface area contributed by atoms with E-state index in [4.69, 9.17) is 9.15 Å². The molecule has 0 radical (unpaired) electrons. The van der Waals surface area contributed by atoms with Gasteiger partial charge in [-0.15, -0.1) is 0 Å². The predicted molar refractivity (Wildman–Crippen MR) is 102 cm³/mol. The lowest BCUT2D eigenvalue weighted by Gasteiger charge is -2.12. The number of anilines is 1. The molecule has 2 aromatic carbocycles. The highest BCUT2D eigenvalue weighted by Crippen LogP contribution is 2.24. The standard InChI is InChI=1S/C21H19N3O2/c1-15(17-8-4-3-5-9-17)23-21-19(14-22)24-20(26-21)12-11-16-7-6-10-18(13-16)25-2/h3-13,15,23H,1-2H3/b12-11+/t15-/m1/s1. The number of aromatic nitrogens is 1. The average Bonchev–Trinajstić information content (AvgIpc) is 3.09. The van der Waals surface area contributed by atoms with Crippen LogP contribution in [0.1, 0.15) is 35.7 Å². The molecule has 0 fully saturated rings. The molecule has 0 unspecified atom stereocenters. The molecule has 1 atom stereocenters. The van der Waals surface area contributed by atoms with E-state index in [-0.39, 0.29) is 11.7 Å². The lowest BCUT2D eigenvalue weighted by atomic mass is 10.1. The van der Waals surface area contributed by atoms with Gasteiger partial charge in [0.2, 0.25) is 17.5 Å². The summed E-state index contributed by atoms with van der Waals surface area (Å²) in [5.74, 6) is 1.51. The predicted octanol–water partition coefficient (Wildman–Crippen LogP) is 4.90. The molecule has 0 aliphatic rings. The van der Waals surface area contributed by atoms with E-state index in [2.05, 4.69) is 16.4 Å². The number of nitrogens with one attached hydrogen (secondary N) is 1. The van der Waals surface area contributed by atoms with Crippen molar-refractivity contribution in [2.24, 2.45) is 0 Å². The van der Waals surface area contributed by atoms with Gasteiger partial charge in [0.15, 0.2) is 0 Å². The Labute approximate surface area is 152 Å². The Morgan fingerprint density at radius 2 is 1.96 bits per heavy atom. The molecular weight excluding hydrogens is 326 g/mol. The molecule has 0 aliphatic heterocycles. The molecular formula is C21H19N3O2. The maximum Gasteiger partial charge on any atom is 0.233 e. The van der Waals surface area contributed by atoms with Gasteiger partial charge in [0, 0.05) is 6.08 Å². The van der Waals surface area contributed by atoms with Gasteiger partial charge in [-0.2, -0.15) is 10.2 Å². The number of benzene rings is 2. The van der Waals surface area contributed by atoms with Gasteiger partial charge in [0.25, 0.3) is 0 Å². The summed E-state index contributed by atoms with van der Waals surface area (Å²) < 4.78 is 10.9. The molecule has 3 aromatic rings. The maximum atomic E-state index is 9.32. The average molecular weight is 345 g/mol. The highest BCUT2D eigenvalue weighted by atomic mass is 16.5. The third-order valence-electron chi connectivity index (χ3n) is 3.91. The molecule has 0 saturated heterocycles. The van der Waals surface area contributed by atoms with Crippen LogP contribution in [0.2, 0.25) is 0 Å². The Balaban J connectivity index is 1.78. The van der Waals surface area contributed by atoms with Gasteiger partial charge >= 0.3 is 0 Å². The van der Waals surface area contributed by atoms with Crippen molar-refractivity contribution < 1.29 is 9.15 Å². The molecule has 1 aromatic heterocycles. The third-order valence-corrected chi connectivity index (χ3v) is 3.91. The summed E-state index contributed by atoms with van der Waals surface area (Å²) in [6, 6.07) is 19.6. The van der Waals surface area contributed by atoms with E-state index >= 15 is 0 Å². The van der Waals surface area contributed by atoms with Crippen LogP contribution in [0.5, 0.6) is 5.75 Å². The quantitative estimate of drug-likeness (QED) is 0.688. The van der Waals surface area contributed by atoms with Gasteiger partial charge in [-0.05, 0) is 36.3 Å². The number of methoxy groups -OCH3 is 1. The van der Waals surface area contributed by atoms with E-state index in [0.717, 1.165) is 16.9 Å². The topological polar surface area (TPSA) is 71.1 Å². The van der Waals surface area contributed by atoms with Crippen LogP contribution >= 0.6 is 0 Å². The molecule has 0 amide bonds. The monoisotopic (exact) mass is 345 g/mol. The second kappa shape index (κ2) is 8.04. The van der Waals surface area contributed by atoms with E-state index in [9.17, 15) is 5.26 Å². The summed E-state index contributed by atoms with van der Waals surface area (Å²) in [6.07, 6.45) is 3.59. The van der Waals surface area contributed by atoms with Crippen molar-refractivity contribution in [1.29, 1.82) is 5.26 Å².